The largest absolute Gasteiger partial charge is 0.392 e. The van der Waals surface area contributed by atoms with Crippen molar-refractivity contribution in [3.05, 3.63) is 34.6 Å². The Labute approximate surface area is 107 Å². The Morgan fingerprint density at radius 1 is 1.41 bits per heavy atom. The Morgan fingerprint density at radius 2 is 2.06 bits per heavy atom. The van der Waals surface area contributed by atoms with Crippen LogP contribution in [0.15, 0.2) is 18.2 Å². The van der Waals surface area contributed by atoms with Gasteiger partial charge in [0.25, 0.3) is 0 Å². The van der Waals surface area contributed by atoms with Crippen LogP contribution in [0.1, 0.15) is 31.7 Å². The fraction of sp³-hybridized carbons (Fsp3) is 0.538. The zero-order valence-corrected chi connectivity index (χ0v) is 10.9. The molecule has 0 amide bonds. The smallest absolute Gasteiger partial charge is 0.128 e. The highest BCUT2D eigenvalue weighted by atomic mass is 35.5. The Balaban J connectivity index is 3.01. The van der Waals surface area contributed by atoms with Crippen molar-refractivity contribution in [3.63, 3.8) is 0 Å². The van der Waals surface area contributed by atoms with Crippen LogP contribution in [0.2, 0.25) is 5.02 Å². The molecule has 0 saturated heterocycles. The van der Waals surface area contributed by atoms with Crippen molar-refractivity contribution in [2.24, 2.45) is 11.7 Å². The quantitative estimate of drug-likeness (QED) is 0.854. The maximum absolute atomic E-state index is 13.7. The van der Waals surface area contributed by atoms with Crippen LogP contribution in [-0.4, -0.2) is 17.8 Å². The minimum Gasteiger partial charge on any atom is -0.392 e. The molecule has 0 aliphatic carbocycles. The molecule has 0 aromatic heterocycles. The molecule has 0 radical (unpaired) electrons. The number of rotatable bonds is 5. The molecule has 0 fully saturated rings. The fourth-order valence-corrected chi connectivity index (χ4v) is 2.28. The van der Waals surface area contributed by atoms with Crippen LogP contribution in [0.5, 0.6) is 0 Å². The van der Waals surface area contributed by atoms with Crippen molar-refractivity contribution >= 4 is 11.6 Å². The molecule has 17 heavy (non-hydrogen) atoms. The van der Waals surface area contributed by atoms with Crippen molar-refractivity contribution < 1.29 is 9.50 Å². The lowest BCUT2D eigenvalue weighted by Gasteiger charge is -2.24. The van der Waals surface area contributed by atoms with E-state index in [0.717, 1.165) is 0 Å². The van der Waals surface area contributed by atoms with Gasteiger partial charge in [-0.3, -0.25) is 0 Å². The van der Waals surface area contributed by atoms with Gasteiger partial charge in [0.05, 0.1) is 6.10 Å². The second-order valence-corrected chi connectivity index (χ2v) is 5.08. The molecule has 4 heteroatoms. The highest BCUT2D eigenvalue weighted by Gasteiger charge is 2.25. The van der Waals surface area contributed by atoms with Crippen LogP contribution in [0.3, 0.4) is 0 Å². The van der Waals surface area contributed by atoms with Gasteiger partial charge in [0.1, 0.15) is 5.82 Å². The molecular formula is C13H19ClFNO. The monoisotopic (exact) mass is 259 g/mol. The topological polar surface area (TPSA) is 46.2 Å². The molecule has 1 aromatic carbocycles. The zero-order chi connectivity index (χ0) is 13.0. The van der Waals surface area contributed by atoms with Gasteiger partial charge in [0, 0.05) is 23.0 Å². The first-order chi connectivity index (χ1) is 7.97. The third-order valence-corrected chi connectivity index (χ3v) is 3.13. The molecule has 2 atom stereocenters. The lowest BCUT2D eigenvalue weighted by molar-refractivity contribution is 0.120. The molecular weight excluding hydrogens is 241 g/mol. The summed E-state index contributed by atoms with van der Waals surface area (Å²) in [4.78, 5) is 0. The van der Waals surface area contributed by atoms with E-state index in [1.165, 1.54) is 6.07 Å². The Kier molecular flexibility index (Phi) is 5.37. The minimum atomic E-state index is -0.672. The first-order valence-electron chi connectivity index (χ1n) is 5.79. The van der Waals surface area contributed by atoms with E-state index in [1.54, 1.807) is 12.1 Å². The van der Waals surface area contributed by atoms with Gasteiger partial charge in [0.2, 0.25) is 0 Å². The van der Waals surface area contributed by atoms with E-state index in [2.05, 4.69) is 0 Å². The number of benzene rings is 1. The summed E-state index contributed by atoms with van der Waals surface area (Å²) in [7, 11) is 0. The Morgan fingerprint density at radius 3 is 2.53 bits per heavy atom. The van der Waals surface area contributed by atoms with Crippen LogP contribution in [-0.2, 0) is 0 Å². The lowest BCUT2D eigenvalue weighted by Crippen LogP contribution is -2.28. The third kappa shape index (κ3) is 3.66. The van der Waals surface area contributed by atoms with E-state index in [0.29, 0.717) is 22.9 Å². The van der Waals surface area contributed by atoms with Crippen LogP contribution in [0.4, 0.5) is 4.39 Å². The van der Waals surface area contributed by atoms with Crippen molar-refractivity contribution in [3.8, 4) is 0 Å². The predicted molar refractivity (Wildman–Crippen MR) is 68.7 cm³/mol. The Bertz CT molecular complexity index is 350. The van der Waals surface area contributed by atoms with E-state index < -0.39 is 17.8 Å². The van der Waals surface area contributed by atoms with Crippen LogP contribution in [0, 0.1) is 11.7 Å². The molecule has 0 heterocycles. The summed E-state index contributed by atoms with van der Waals surface area (Å²) in [6, 6.07) is 4.50. The first kappa shape index (κ1) is 14.4. The minimum absolute atomic E-state index is 0.175. The van der Waals surface area contributed by atoms with Gasteiger partial charge in [-0.15, -0.1) is 0 Å². The fourth-order valence-electron chi connectivity index (χ4n) is 1.98. The summed E-state index contributed by atoms with van der Waals surface area (Å²) in [5.74, 6) is -0.536. The summed E-state index contributed by atoms with van der Waals surface area (Å²) in [6.45, 7) is 4.17. The number of hydrogen-bond donors (Lipinski definition) is 2. The van der Waals surface area contributed by atoms with E-state index in [4.69, 9.17) is 17.3 Å². The van der Waals surface area contributed by atoms with Gasteiger partial charge in [0.15, 0.2) is 0 Å². The standard InChI is InChI=1S/C13H19ClFNO/c1-8(2)6-12(17)9(7-16)13-10(14)4-3-5-11(13)15/h3-5,8-9,12,17H,6-7,16H2,1-2H3. The molecule has 0 spiro atoms. The van der Waals surface area contributed by atoms with Gasteiger partial charge in [-0.2, -0.15) is 0 Å². The average molecular weight is 260 g/mol. The SMILES string of the molecule is CC(C)CC(O)C(CN)c1c(F)cccc1Cl. The maximum atomic E-state index is 13.7. The summed E-state index contributed by atoms with van der Waals surface area (Å²) >= 11 is 5.98. The second kappa shape index (κ2) is 6.34. The first-order valence-corrected chi connectivity index (χ1v) is 6.17. The number of halogens is 2. The van der Waals surface area contributed by atoms with E-state index in [-0.39, 0.29) is 6.54 Å². The van der Waals surface area contributed by atoms with Crippen LogP contribution in [0.25, 0.3) is 0 Å². The highest BCUT2D eigenvalue weighted by Crippen LogP contribution is 2.31. The van der Waals surface area contributed by atoms with E-state index in [9.17, 15) is 9.50 Å². The molecule has 1 aromatic rings. The maximum Gasteiger partial charge on any atom is 0.128 e. The number of aliphatic hydroxyl groups is 1. The molecule has 2 nitrogen and oxygen atoms in total. The zero-order valence-electron chi connectivity index (χ0n) is 10.2. The molecule has 0 saturated carbocycles. The number of aliphatic hydroxyl groups excluding tert-OH is 1. The molecule has 2 unspecified atom stereocenters. The predicted octanol–water partition coefficient (Wildman–Crippen LogP) is 2.93. The summed E-state index contributed by atoms with van der Waals surface area (Å²) in [5.41, 5.74) is 5.96. The van der Waals surface area contributed by atoms with Crippen molar-refractivity contribution in [2.75, 3.05) is 6.54 Å². The van der Waals surface area contributed by atoms with Gasteiger partial charge in [-0.25, -0.2) is 4.39 Å². The third-order valence-electron chi connectivity index (χ3n) is 2.80. The second-order valence-electron chi connectivity index (χ2n) is 4.67. The van der Waals surface area contributed by atoms with Gasteiger partial charge >= 0.3 is 0 Å². The normalized spacial score (nSPS) is 15.0. The highest BCUT2D eigenvalue weighted by molar-refractivity contribution is 6.31. The molecule has 3 N–H and O–H groups in total. The Hall–Kier alpha value is -0.640. The molecule has 0 bridgehead atoms. The van der Waals surface area contributed by atoms with Crippen molar-refractivity contribution in [1.29, 1.82) is 0 Å². The molecule has 1 rings (SSSR count). The van der Waals surface area contributed by atoms with Crippen LogP contribution >= 0.6 is 11.6 Å². The van der Waals surface area contributed by atoms with Gasteiger partial charge in [-0.1, -0.05) is 31.5 Å². The summed E-state index contributed by atoms with van der Waals surface area (Å²) in [5, 5.41) is 10.4. The average Bonchev–Trinajstić information content (AvgIpc) is 2.22. The van der Waals surface area contributed by atoms with Gasteiger partial charge in [-0.05, 0) is 24.5 Å². The molecule has 0 aliphatic heterocycles. The number of nitrogens with two attached hydrogens (primary N) is 1. The number of hydrogen-bond acceptors (Lipinski definition) is 2. The van der Waals surface area contributed by atoms with Crippen molar-refractivity contribution in [1.82, 2.24) is 0 Å². The molecule has 96 valence electrons. The van der Waals surface area contributed by atoms with Crippen molar-refractivity contribution in [2.45, 2.75) is 32.3 Å². The summed E-state index contributed by atoms with van der Waals surface area (Å²) in [6.07, 6.45) is -0.0959. The summed E-state index contributed by atoms with van der Waals surface area (Å²) < 4.78 is 13.7. The molecule has 0 aliphatic rings. The van der Waals surface area contributed by atoms with E-state index >= 15 is 0 Å². The van der Waals surface area contributed by atoms with E-state index in [1.807, 2.05) is 13.8 Å². The van der Waals surface area contributed by atoms with Crippen LogP contribution < -0.4 is 5.73 Å². The lowest BCUT2D eigenvalue weighted by atomic mass is 9.88. The van der Waals surface area contributed by atoms with Gasteiger partial charge < -0.3 is 10.8 Å².